The smallest absolute Gasteiger partial charge is 0.335 e. The standard InChI is InChI=1S/C16H17N3O3/c1-2-12(17-10-8-9-10)13-14(20)18-16(22)19(15(13)21)11-6-4-3-5-7-11/h2-7,10,13,17H,8-9H2,1H3,(H,18,20,22)/b12-2+/t13-/m0/s1. The van der Waals surface area contributed by atoms with Crippen LogP contribution in [0, 0.1) is 5.92 Å². The molecule has 2 N–H and O–H groups in total. The first-order valence-corrected chi connectivity index (χ1v) is 7.28. The predicted octanol–water partition coefficient (Wildman–Crippen LogP) is 1.54. The van der Waals surface area contributed by atoms with Gasteiger partial charge in [0.15, 0.2) is 5.92 Å². The predicted molar refractivity (Wildman–Crippen MR) is 80.9 cm³/mol. The number of carbonyl (C=O) groups is 3. The number of allylic oxidation sites excluding steroid dienone is 1. The van der Waals surface area contributed by atoms with E-state index in [0.717, 1.165) is 17.7 Å². The summed E-state index contributed by atoms with van der Waals surface area (Å²) in [5.74, 6) is -2.12. The molecule has 1 heterocycles. The van der Waals surface area contributed by atoms with Crippen molar-refractivity contribution in [3.05, 3.63) is 42.1 Å². The van der Waals surface area contributed by atoms with E-state index in [-0.39, 0.29) is 0 Å². The van der Waals surface area contributed by atoms with Crippen LogP contribution in [0.3, 0.4) is 0 Å². The minimum atomic E-state index is -1.01. The lowest BCUT2D eigenvalue weighted by molar-refractivity contribution is -0.132. The minimum Gasteiger partial charge on any atom is -0.385 e. The van der Waals surface area contributed by atoms with Gasteiger partial charge in [0.2, 0.25) is 5.91 Å². The van der Waals surface area contributed by atoms with Gasteiger partial charge < -0.3 is 5.32 Å². The van der Waals surface area contributed by atoms with Crippen LogP contribution < -0.4 is 15.5 Å². The van der Waals surface area contributed by atoms with Crippen molar-refractivity contribution in [1.29, 1.82) is 0 Å². The van der Waals surface area contributed by atoms with Crippen molar-refractivity contribution in [2.75, 3.05) is 4.90 Å². The molecule has 6 heteroatoms. The van der Waals surface area contributed by atoms with Crippen molar-refractivity contribution in [3.63, 3.8) is 0 Å². The summed E-state index contributed by atoms with van der Waals surface area (Å²) < 4.78 is 0. The first-order chi connectivity index (χ1) is 10.6. The van der Waals surface area contributed by atoms with E-state index in [0.29, 0.717) is 17.4 Å². The van der Waals surface area contributed by atoms with E-state index >= 15 is 0 Å². The highest BCUT2D eigenvalue weighted by Crippen LogP contribution is 2.27. The van der Waals surface area contributed by atoms with Crippen molar-refractivity contribution < 1.29 is 14.4 Å². The van der Waals surface area contributed by atoms with Crippen molar-refractivity contribution >= 4 is 23.5 Å². The molecule has 22 heavy (non-hydrogen) atoms. The number of barbiturate groups is 1. The molecule has 1 aromatic rings. The lowest BCUT2D eigenvalue weighted by Gasteiger charge is -2.31. The van der Waals surface area contributed by atoms with Crippen molar-refractivity contribution in [2.24, 2.45) is 5.92 Å². The van der Waals surface area contributed by atoms with Gasteiger partial charge in [-0.05, 0) is 31.9 Å². The molecule has 6 nitrogen and oxygen atoms in total. The highest BCUT2D eigenvalue weighted by molar-refractivity contribution is 6.28. The fraction of sp³-hybridized carbons (Fsp3) is 0.312. The molecule has 1 aromatic carbocycles. The Morgan fingerprint density at radius 3 is 2.50 bits per heavy atom. The molecule has 1 atom stereocenters. The van der Waals surface area contributed by atoms with Gasteiger partial charge in [0.25, 0.3) is 5.91 Å². The molecule has 0 unspecified atom stereocenters. The molecule has 1 aliphatic carbocycles. The molecule has 0 aromatic heterocycles. The largest absolute Gasteiger partial charge is 0.385 e. The zero-order chi connectivity index (χ0) is 15.7. The molecule has 1 saturated heterocycles. The van der Waals surface area contributed by atoms with Crippen molar-refractivity contribution in [3.8, 4) is 0 Å². The molecule has 0 spiro atoms. The highest BCUT2D eigenvalue weighted by Gasteiger charge is 2.44. The van der Waals surface area contributed by atoms with Crippen LogP contribution in [0.15, 0.2) is 42.1 Å². The van der Waals surface area contributed by atoms with Gasteiger partial charge in [-0.3, -0.25) is 14.9 Å². The van der Waals surface area contributed by atoms with E-state index < -0.39 is 23.8 Å². The maximum atomic E-state index is 12.7. The first kappa shape index (κ1) is 14.3. The molecule has 1 saturated carbocycles. The van der Waals surface area contributed by atoms with Gasteiger partial charge in [0, 0.05) is 11.7 Å². The van der Waals surface area contributed by atoms with Crippen LogP contribution in [-0.2, 0) is 9.59 Å². The second kappa shape index (κ2) is 5.63. The summed E-state index contributed by atoms with van der Waals surface area (Å²) in [5.41, 5.74) is 1.00. The topological polar surface area (TPSA) is 78.5 Å². The molecule has 2 aliphatic rings. The number of anilines is 1. The van der Waals surface area contributed by atoms with E-state index in [2.05, 4.69) is 10.6 Å². The SMILES string of the molecule is C/C=C(/NC1CC1)[C@H]1C(=O)NC(=O)N(c2ccccc2)C1=O. The Kier molecular flexibility index (Phi) is 3.66. The zero-order valence-corrected chi connectivity index (χ0v) is 12.2. The van der Waals surface area contributed by atoms with Gasteiger partial charge >= 0.3 is 6.03 Å². The van der Waals surface area contributed by atoms with Crippen LogP contribution in [0.4, 0.5) is 10.5 Å². The van der Waals surface area contributed by atoms with E-state index in [1.165, 1.54) is 0 Å². The molecule has 0 radical (unpaired) electrons. The highest BCUT2D eigenvalue weighted by atomic mass is 16.2. The average molecular weight is 299 g/mol. The molecule has 0 bridgehead atoms. The molecule has 1 aliphatic heterocycles. The Labute approximate surface area is 128 Å². The summed E-state index contributed by atoms with van der Waals surface area (Å²) in [6, 6.07) is 8.20. The van der Waals surface area contributed by atoms with Crippen LogP contribution >= 0.6 is 0 Å². The van der Waals surface area contributed by atoms with Gasteiger partial charge in [-0.1, -0.05) is 24.3 Å². The maximum Gasteiger partial charge on any atom is 0.335 e. The second-order valence-corrected chi connectivity index (χ2v) is 5.40. The maximum absolute atomic E-state index is 12.7. The number of imide groups is 2. The summed E-state index contributed by atoms with van der Waals surface area (Å²) in [7, 11) is 0. The van der Waals surface area contributed by atoms with Gasteiger partial charge in [-0.25, -0.2) is 9.69 Å². The van der Waals surface area contributed by atoms with Crippen molar-refractivity contribution in [1.82, 2.24) is 10.6 Å². The summed E-state index contributed by atoms with van der Waals surface area (Å²) >= 11 is 0. The Morgan fingerprint density at radius 1 is 1.23 bits per heavy atom. The van der Waals surface area contributed by atoms with Gasteiger partial charge in [0.1, 0.15) is 0 Å². The fourth-order valence-corrected chi connectivity index (χ4v) is 2.47. The van der Waals surface area contributed by atoms with Gasteiger partial charge in [-0.2, -0.15) is 0 Å². The number of para-hydroxylation sites is 1. The summed E-state index contributed by atoms with van der Waals surface area (Å²) in [4.78, 5) is 37.9. The number of nitrogens with one attached hydrogen (secondary N) is 2. The number of amides is 4. The molecular weight excluding hydrogens is 282 g/mol. The van der Waals surface area contributed by atoms with Gasteiger partial charge in [-0.15, -0.1) is 0 Å². The van der Waals surface area contributed by atoms with Crippen LogP contribution in [0.5, 0.6) is 0 Å². The first-order valence-electron chi connectivity index (χ1n) is 7.28. The monoisotopic (exact) mass is 299 g/mol. The van der Waals surface area contributed by atoms with E-state index in [4.69, 9.17) is 0 Å². The van der Waals surface area contributed by atoms with Crippen molar-refractivity contribution in [2.45, 2.75) is 25.8 Å². The number of hydrogen-bond donors (Lipinski definition) is 2. The van der Waals surface area contributed by atoms with Crippen LogP contribution in [0.2, 0.25) is 0 Å². The number of nitrogens with zero attached hydrogens (tertiary/aromatic N) is 1. The quantitative estimate of drug-likeness (QED) is 0.827. The van der Waals surface area contributed by atoms with E-state index in [1.807, 2.05) is 0 Å². The molecular formula is C16H17N3O3. The third-order valence-electron chi connectivity index (χ3n) is 3.75. The Bertz CT molecular complexity index is 650. The number of benzene rings is 1. The Balaban J connectivity index is 1.91. The zero-order valence-electron chi connectivity index (χ0n) is 12.2. The molecule has 3 rings (SSSR count). The number of carbonyl (C=O) groups excluding carboxylic acids is 3. The number of hydrogen-bond acceptors (Lipinski definition) is 4. The normalized spacial score (nSPS) is 22.6. The minimum absolute atomic E-state index is 0.314. The molecule has 2 fully saturated rings. The summed E-state index contributed by atoms with van der Waals surface area (Å²) in [5, 5.41) is 5.46. The van der Waals surface area contributed by atoms with Crippen LogP contribution in [0.25, 0.3) is 0 Å². The summed E-state index contributed by atoms with van der Waals surface area (Å²) in [6.45, 7) is 1.77. The second-order valence-electron chi connectivity index (χ2n) is 5.40. The number of urea groups is 1. The Morgan fingerprint density at radius 2 is 1.91 bits per heavy atom. The Hall–Kier alpha value is -2.63. The molecule has 114 valence electrons. The van der Waals surface area contributed by atoms with E-state index in [9.17, 15) is 14.4 Å². The third-order valence-corrected chi connectivity index (χ3v) is 3.75. The third kappa shape index (κ3) is 2.59. The molecule has 4 amide bonds. The lowest BCUT2D eigenvalue weighted by atomic mass is 9.99. The average Bonchev–Trinajstić information content (AvgIpc) is 3.31. The fourth-order valence-electron chi connectivity index (χ4n) is 2.47. The summed E-state index contributed by atoms with van der Waals surface area (Å²) in [6.07, 6.45) is 3.78. The van der Waals surface area contributed by atoms with E-state index in [1.54, 1.807) is 43.3 Å². The van der Waals surface area contributed by atoms with Crippen LogP contribution in [-0.4, -0.2) is 23.9 Å². The number of rotatable bonds is 4. The van der Waals surface area contributed by atoms with Gasteiger partial charge in [0.05, 0.1) is 5.69 Å². The lowest BCUT2D eigenvalue weighted by Crippen LogP contribution is -2.59. The van der Waals surface area contributed by atoms with Crippen LogP contribution in [0.1, 0.15) is 19.8 Å².